The van der Waals surface area contributed by atoms with E-state index in [2.05, 4.69) is 34.6 Å². The predicted molar refractivity (Wildman–Crippen MR) is 76.4 cm³/mol. The minimum atomic E-state index is 0.638. The molecule has 0 unspecified atom stereocenters. The molecule has 0 aliphatic carbocycles. The Labute approximate surface area is 112 Å². The number of rotatable bonds is 6. The average molecular weight is 260 g/mol. The smallest absolute Gasteiger partial charge is 0.213 e. The average Bonchev–Trinajstić information content (AvgIpc) is 2.45. The van der Waals surface area contributed by atoms with Gasteiger partial charge in [-0.1, -0.05) is 18.2 Å². The van der Waals surface area contributed by atoms with Crippen molar-refractivity contribution in [2.24, 2.45) is 0 Å². The van der Waals surface area contributed by atoms with Gasteiger partial charge in [-0.2, -0.15) is 0 Å². The zero-order chi connectivity index (χ0) is 12.6. The fourth-order valence-corrected chi connectivity index (χ4v) is 2.28. The summed E-state index contributed by atoms with van der Waals surface area (Å²) in [4.78, 5) is 5.44. The third kappa shape index (κ3) is 3.96. The number of hydrogen-bond acceptors (Lipinski definition) is 4. The summed E-state index contributed by atoms with van der Waals surface area (Å²) in [5, 5.41) is 3.33. The van der Waals surface area contributed by atoms with Crippen molar-refractivity contribution < 1.29 is 4.74 Å². The third-order valence-corrected chi connectivity index (χ3v) is 3.40. The van der Waals surface area contributed by atoms with Crippen molar-refractivity contribution in [3.63, 3.8) is 0 Å². The molecule has 0 amide bonds. The van der Waals surface area contributed by atoms with Crippen LogP contribution in [-0.4, -0.2) is 24.4 Å². The Balaban J connectivity index is 1.72. The molecule has 0 saturated carbocycles. The molecule has 0 radical (unpaired) electrons. The molecule has 1 aromatic heterocycles. The van der Waals surface area contributed by atoms with E-state index in [1.54, 1.807) is 13.3 Å². The van der Waals surface area contributed by atoms with Gasteiger partial charge in [-0.25, -0.2) is 4.98 Å². The maximum absolute atomic E-state index is 5.01. The van der Waals surface area contributed by atoms with Crippen molar-refractivity contribution in [1.82, 2.24) is 4.98 Å². The second-order valence-electron chi connectivity index (χ2n) is 3.68. The topological polar surface area (TPSA) is 34.1 Å². The van der Waals surface area contributed by atoms with Gasteiger partial charge in [0.25, 0.3) is 0 Å². The van der Waals surface area contributed by atoms with Gasteiger partial charge in [0, 0.05) is 23.3 Å². The molecule has 1 aromatic carbocycles. The minimum Gasteiger partial charge on any atom is -0.481 e. The summed E-state index contributed by atoms with van der Waals surface area (Å²) in [5.41, 5.74) is 1.02. The maximum Gasteiger partial charge on any atom is 0.213 e. The molecule has 0 spiro atoms. The van der Waals surface area contributed by atoms with E-state index >= 15 is 0 Å². The number of benzene rings is 1. The lowest BCUT2D eigenvalue weighted by Gasteiger charge is -2.06. The molecule has 4 heteroatoms. The normalized spacial score (nSPS) is 10.1. The number of pyridine rings is 1. The Morgan fingerprint density at radius 1 is 1.17 bits per heavy atom. The van der Waals surface area contributed by atoms with E-state index < -0.39 is 0 Å². The SMILES string of the molecule is COc1ccc(NCCSc2ccccc2)cn1. The zero-order valence-electron chi connectivity index (χ0n) is 10.3. The number of aromatic nitrogens is 1. The van der Waals surface area contributed by atoms with Crippen LogP contribution in [0.4, 0.5) is 5.69 Å². The van der Waals surface area contributed by atoms with Gasteiger partial charge in [-0.05, 0) is 18.2 Å². The van der Waals surface area contributed by atoms with Gasteiger partial charge in [-0.3, -0.25) is 0 Å². The summed E-state index contributed by atoms with van der Waals surface area (Å²) in [5.74, 6) is 1.66. The zero-order valence-corrected chi connectivity index (χ0v) is 11.1. The highest BCUT2D eigenvalue weighted by Crippen LogP contribution is 2.17. The number of methoxy groups -OCH3 is 1. The first-order valence-electron chi connectivity index (χ1n) is 5.80. The molecule has 2 rings (SSSR count). The molecule has 18 heavy (non-hydrogen) atoms. The van der Waals surface area contributed by atoms with E-state index in [4.69, 9.17) is 4.74 Å². The van der Waals surface area contributed by atoms with Crippen LogP contribution in [-0.2, 0) is 0 Å². The van der Waals surface area contributed by atoms with Crippen LogP contribution < -0.4 is 10.1 Å². The first-order valence-corrected chi connectivity index (χ1v) is 6.79. The second-order valence-corrected chi connectivity index (χ2v) is 4.85. The van der Waals surface area contributed by atoms with Gasteiger partial charge in [0.15, 0.2) is 0 Å². The van der Waals surface area contributed by atoms with E-state index in [1.165, 1.54) is 4.90 Å². The van der Waals surface area contributed by atoms with Crippen LogP contribution in [0.25, 0.3) is 0 Å². The Hall–Kier alpha value is -1.68. The molecule has 3 nitrogen and oxygen atoms in total. The van der Waals surface area contributed by atoms with Crippen LogP contribution in [0.1, 0.15) is 0 Å². The summed E-state index contributed by atoms with van der Waals surface area (Å²) in [6.07, 6.45) is 1.78. The Bertz CT molecular complexity index is 459. The Morgan fingerprint density at radius 2 is 2.00 bits per heavy atom. The molecule has 0 aliphatic rings. The lowest BCUT2D eigenvalue weighted by Crippen LogP contribution is -2.04. The van der Waals surface area contributed by atoms with E-state index in [0.29, 0.717) is 5.88 Å². The lowest BCUT2D eigenvalue weighted by molar-refractivity contribution is 0.398. The molecule has 0 aliphatic heterocycles. The largest absolute Gasteiger partial charge is 0.481 e. The van der Waals surface area contributed by atoms with Crippen LogP contribution in [0, 0.1) is 0 Å². The van der Waals surface area contributed by atoms with Gasteiger partial charge in [0.2, 0.25) is 5.88 Å². The molecular weight excluding hydrogens is 244 g/mol. The molecule has 0 fully saturated rings. The summed E-state index contributed by atoms with van der Waals surface area (Å²) in [6, 6.07) is 14.2. The van der Waals surface area contributed by atoms with Crippen molar-refractivity contribution in [3.8, 4) is 5.88 Å². The first kappa shape index (κ1) is 12.8. The van der Waals surface area contributed by atoms with Crippen molar-refractivity contribution in [3.05, 3.63) is 48.7 Å². The molecule has 2 aromatic rings. The van der Waals surface area contributed by atoms with Gasteiger partial charge in [0.05, 0.1) is 19.0 Å². The monoisotopic (exact) mass is 260 g/mol. The van der Waals surface area contributed by atoms with E-state index in [0.717, 1.165) is 18.0 Å². The lowest BCUT2D eigenvalue weighted by atomic mass is 10.4. The van der Waals surface area contributed by atoms with Gasteiger partial charge < -0.3 is 10.1 Å². The van der Waals surface area contributed by atoms with Crippen LogP contribution in [0.2, 0.25) is 0 Å². The number of nitrogens with one attached hydrogen (secondary N) is 1. The number of nitrogens with zero attached hydrogens (tertiary/aromatic N) is 1. The van der Waals surface area contributed by atoms with Gasteiger partial charge >= 0.3 is 0 Å². The maximum atomic E-state index is 5.01. The summed E-state index contributed by atoms with van der Waals surface area (Å²) in [6.45, 7) is 0.910. The molecule has 94 valence electrons. The van der Waals surface area contributed by atoms with Gasteiger partial charge in [0.1, 0.15) is 0 Å². The number of ether oxygens (including phenoxy) is 1. The van der Waals surface area contributed by atoms with Crippen molar-refractivity contribution >= 4 is 17.4 Å². The van der Waals surface area contributed by atoms with E-state index in [-0.39, 0.29) is 0 Å². The highest BCUT2D eigenvalue weighted by molar-refractivity contribution is 7.99. The molecule has 0 bridgehead atoms. The number of anilines is 1. The predicted octanol–water partition coefficient (Wildman–Crippen LogP) is 3.29. The van der Waals surface area contributed by atoms with E-state index in [1.807, 2.05) is 30.0 Å². The quantitative estimate of drug-likeness (QED) is 0.638. The Kier molecular flexibility index (Phi) is 4.90. The standard InChI is InChI=1S/C14H16N2OS/c1-17-14-8-7-12(11-16-14)15-9-10-18-13-5-3-2-4-6-13/h2-8,11,15H,9-10H2,1H3. The molecule has 0 atom stereocenters. The summed E-state index contributed by atoms with van der Waals surface area (Å²) in [7, 11) is 1.62. The fourth-order valence-electron chi connectivity index (χ4n) is 1.49. The second kappa shape index (κ2) is 6.91. The first-order chi connectivity index (χ1) is 8.88. The van der Waals surface area contributed by atoms with Crippen LogP contribution in [0.5, 0.6) is 5.88 Å². The van der Waals surface area contributed by atoms with Crippen LogP contribution >= 0.6 is 11.8 Å². The molecule has 1 heterocycles. The van der Waals surface area contributed by atoms with Crippen LogP contribution in [0.3, 0.4) is 0 Å². The highest BCUT2D eigenvalue weighted by atomic mass is 32.2. The number of thioether (sulfide) groups is 1. The fraction of sp³-hybridized carbons (Fsp3) is 0.214. The highest BCUT2D eigenvalue weighted by Gasteiger charge is 1.95. The van der Waals surface area contributed by atoms with Crippen LogP contribution in [0.15, 0.2) is 53.6 Å². The van der Waals surface area contributed by atoms with Gasteiger partial charge in [-0.15, -0.1) is 11.8 Å². The van der Waals surface area contributed by atoms with Crippen molar-refractivity contribution in [2.45, 2.75) is 4.90 Å². The third-order valence-electron chi connectivity index (χ3n) is 2.39. The van der Waals surface area contributed by atoms with E-state index in [9.17, 15) is 0 Å². The van der Waals surface area contributed by atoms with Crippen molar-refractivity contribution in [2.75, 3.05) is 24.7 Å². The summed E-state index contributed by atoms with van der Waals surface area (Å²) < 4.78 is 5.01. The minimum absolute atomic E-state index is 0.638. The number of hydrogen-bond donors (Lipinski definition) is 1. The van der Waals surface area contributed by atoms with Crippen molar-refractivity contribution in [1.29, 1.82) is 0 Å². The molecule has 1 N–H and O–H groups in total. The summed E-state index contributed by atoms with van der Waals surface area (Å²) >= 11 is 1.84. The Morgan fingerprint density at radius 3 is 2.67 bits per heavy atom. The molecule has 0 saturated heterocycles. The molecular formula is C14H16N2OS.